The van der Waals surface area contributed by atoms with Gasteiger partial charge in [-0.1, -0.05) is 70.4 Å². The zero-order valence-corrected chi connectivity index (χ0v) is 33.0. The molecule has 2 aromatic carbocycles. The number of methoxy groups -OCH3 is 2. The number of nitrogens with one attached hydrogen (secondary N) is 1. The molecule has 0 aromatic heterocycles. The van der Waals surface area contributed by atoms with Crippen LogP contribution in [-0.4, -0.2) is 100 Å². The molecule has 3 N–H and O–H groups in total. The molecular weight excluding hydrogens is 657 g/mol. The molecule has 286 valence electrons. The lowest BCUT2D eigenvalue weighted by molar-refractivity contribution is -0.139. The van der Waals surface area contributed by atoms with E-state index in [4.69, 9.17) is 14.6 Å². The maximum atomic E-state index is 13.1. The second-order valence-electron chi connectivity index (χ2n) is 12.4. The molecule has 11 heteroatoms. The van der Waals surface area contributed by atoms with E-state index in [9.17, 15) is 23.1 Å². The number of hydrogen-bond donors (Lipinski definition) is 3. The second-order valence-corrected chi connectivity index (χ2v) is 14.7. The van der Waals surface area contributed by atoms with Gasteiger partial charge < -0.3 is 25.0 Å². The van der Waals surface area contributed by atoms with E-state index in [0.717, 1.165) is 61.7 Å². The number of carbonyl (C=O) groups excluding carboxylic acids is 1. The number of carboxylic acid groups (broad SMARTS) is 1. The molecule has 1 aliphatic heterocycles. The average molecular weight is 723 g/mol. The van der Waals surface area contributed by atoms with Crippen LogP contribution in [0, 0.1) is 6.92 Å². The van der Waals surface area contributed by atoms with Crippen LogP contribution in [0.4, 0.5) is 0 Å². The Balaban J connectivity index is 0.00000109. The number of aryl methyl sites for hydroxylation is 1. The highest BCUT2D eigenvalue weighted by atomic mass is 32.2. The van der Waals surface area contributed by atoms with Crippen molar-refractivity contribution < 1.29 is 37.7 Å². The van der Waals surface area contributed by atoms with Crippen LogP contribution in [0.5, 0.6) is 0 Å². The summed E-state index contributed by atoms with van der Waals surface area (Å²) in [5.74, 6) is -2.11. The number of benzene rings is 2. The molecule has 0 bridgehead atoms. The molecule has 1 aliphatic carbocycles. The summed E-state index contributed by atoms with van der Waals surface area (Å²) in [5.41, 5.74) is 4.11. The molecule has 2 unspecified atom stereocenters. The van der Waals surface area contributed by atoms with Crippen LogP contribution < -0.4 is 5.32 Å². The number of aliphatic carboxylic acids is 1. The van der Waals surface area contributed by atoms with Crippen molar-refractivity contribution in [2.45, 2.75) is 117 Å². The van der Waals surface area contributed by atoms with Crippen molar-refractivity contribution >= 4 is 21.7 Å². The maximum absolute atomic E-state index is 13.1. The first-order chi connectivity index (χ1) is 23.9. The normalized spacial score (nSPS) is 15.6. The van der Waals surface area contributed by atoms with E-state index in [-0.39, 0.29) is 12.2 Å². The van der Waals surface area contributed by atoms with Crippen molar-refractivity contribution in [1.82, 2.24) is 10.2 Å². The lowest BCUT2D eigenvalue weighted by Crippen LogP contribution is -2.42. The van der Waals surface area contributed by atoms with Crippen molar-refractivity contribution in [3.63, 3.8) is 0 Å². The minimum Gasteiger partial charge on any atom is -0.480 e. The summed E-state index contributed by atoms with van der Waals surface area (Å²) < 4.78 is 33.0. The van der Waals surface area contributed by atoms with Crippen molar-refractivity contribution in [3.05, 3.63) is 59.2 Å². The molecule has 1 saturated carbocycles. The number of carboxylic acids is 1. The number of likely N-dealkylation sites (tertiary alicyclic amines) is 1. The van der Waals surface area contributed by atoms with Gasteiger partial charge >= 0.3 is 5.97 Å². The number of aliphatic hydroxyl groups excluding tert-OH is 1. The van der Waals surface area contributed by atoms with E-state index in [0.29, 0.717) is 17.8 Å². The first-order valence-electron chi connectivity index (χ1n) is 18.0. The van der Waals surface area contributed by atoms with Crippen LogP contribution in [0.15, 0.2) is 42.5 Å². The fraction of sp³-hybridized carbons (Fsp3) is 0.641. The number of carbonyl (C=O) groups is 2. The Morgan fingerprint density at radius 3 is 2.02 bits per heavy atom. The lowest BCUT2D eigenvalue weighted by atomic mass is 9.93. The number of aliphatic hydroxyl groups is 1. The van der Waals surface area contributed by atoms with Gasteiger partial charge in [-0.2, -0.15) is 0 Å². The molecule has 2 aliphatic rings. The Hall–Kier alpha value is -2.83. The van der Waals surface area contributed by atoms with Gasteiger partial charge in [-0.3, -0.25) is 9.69 Å². The van der Waals surface area contributed by atoms with E-state index < -0.39 is 27.8 Å². The molecule has 1 saturated heterocycles. The highest BCUT2D eigenvalue weighted by molar-refractivity contribution is 7.90. The van der Waals surface area contributed by atoms with Crippen molar-refractivity contribution in [3.8, 4) is 11.1 Å². The quantitative estimate of drug-likeness (QED) is 0.213. The highest BCUT2D eigenvalue weighted by Gasteiger charge is 2.24. The molecular formula is C39H66N2O8S. The molecule has 2 aromatic rings. The third kappa shape index (κ3) is 19.0. The predicted molar refractivity (Wildman–Crippen MR) is 204 cm³/mol. The van der Waals surface area contributed by atoms with E-state index >= 15 is 0 Å². The van der Waals surface area contributed by atoms with Crippen molar-refractivity contribution in [2.75, 3.05) is 46.4 Å². The smallest absolute Gasteiger partial charge is 0.326 e. The Kier molecular flexibility index (Phi) is 25.4. The van der Waals surface area contributed by atoms with E-state index in [1.54, 1.807) is 13.2 Å². The third-order valence-electron chi connectivity index (χ3n) is 8.61. The third-order valence-corrected chi connectivity index (χ3v) is 9.59. The number of ether oxygens (including phenoxy) is 2. The first kappa shape index (κ1) is 47.2. The van der Waals surface area contributed by atoms with E-state index in [1.807, 2.05) is 64.3 Å². The van der Waals surface area contributed by atoms with E-state index in [1.165, 1.54) is 44.9 Å². The van der Waals surface area contributed by atoms with Crippen molar-refractivity contribution in [1.29, 1.82) is 0 Å². The molecule has 10 nitrogen and oxygen atoms in total. The SMILES string of the molecule is CC.CCC(C)OC.CO.COC1CCCCC1.Cc1ccccc1-c1cc(CN2CCCC2)ccc1C(=O)NC(CCS(C)(=O)=O)C(=O)O. The van der Waals surface area contributed by atoms with Crippen molar-refractivity contribution in [2.24, 2.45) is 0 Å². The molecule has 1 heterocycles. The van der Waals surface area contributed by atoms with Gasteiger partial charge in [-0.15, -0.1) is 0 Å². The summed E-state index contributed by atoms with van der Waals surface area (Å²) in [6, 6.07) is 12.1. The summed E-state index contributed by atoms with van der Waals surface area (Å²) in [5, 5.41) is 19.0. The highest BCUT2D eigenvalue weighted by Crippen LogP contribution is 2.29. The lowest BCUT2D eigenvalue weighted by Gasteiger charge is -2.19. The standard InChI is InChI=1S/C24H30N2O5S.C7H14O.C5H12O.C2H6.CH4O/c1-17-7-3-4-8-19(17)21-15-18(16-26-12-5-6-13-26)9-10-20(21)23(27)25-22(24(28)29)11-14-32(2,30)31;1-8-7-5-3-2-4-6-7;1-4-5(2)6-3;2*1-2/h3-4,7-10,15,22H,5-6,11-14,16H2,1-2H3,(H,25,27)(H,28,29);7H,2-6H2,1H3;5H,4H2,1-3H3;1-2H3;2H,1H3. The minimum absolute atomic E-state index is 0.188. The van der Waals surface area contributed by atoms with Gasteiger partial charge in [-0.05, 0) is 99.8 Å². The maximum Gasteiger partial charge on any atom is 0.326 e. The molecule has 0 spiro atoms. The fourth-order valence-electron chi connectivity index (χ4n) is 5.48. The summed E-state index contributed by atoms with van der Waals surface area (Å²) in [4.78, 5) is 27.1. The molecule has 2 fully saturated rings. The molecule has 2 atom stereocenters. The van der Waals surface area contributed by atoms with E-state index in [2.05, 4.69) is 24.1 Å². The minimum atomic E-state index is -3.35. The molecule has 0 radical (unpaired) electrons. The van der Waals surface area contributed by atoms with Gasteiger partial charge in [0.2, 0.25) is 0 Å². The molecule has 50 heavy (non-hydrogen) atoms. The summed E-state index contributed by atoms with van der Waals surface area (Å²) in [7, 11) is 1.20. The summed E-state index contributed by atoms with van der Waals surface area (Å²) in [6.07, 6.45) is 12.1. The average Bonchev–Trinajstić information content (AvgIpc) is 3.65. The van der Waals surface area contributed by atoms with Crippen LogP contribution in [0.3, 0.4) is 0 Å². The summed E-state index contributed by atoms with van der Waals surface area (Å²) in [6.45, 7) is 13.0. The van der Waals surface area contributed by atoms with Crippen LogP contribution >= 0.6 is 0 Å². The monoisotopic (exact) mass is 722 g/mol. The topological polar surface area (TPSA) is 142 Å². The van der Waals surface area contributed by atoms with Gasteiger partial charge in [0.15, 0.2) is 0 Å². The van der Waals surface area contributed by atoms with Gasteiger partial charge in [0.1, 0.15) is 15.9 Å². The van der Waals surface area contributed by atoms with Crippen LogP contribution in [0.2, 0.25) is 0 Å². The first-order valence-corrected chi connectivity index (χ1v) is 20.1. The largest absolute Gasteiger partial charge is 0.480 e. The Morgan fingerprint density at radius 2 is 1.56 bits per heavy atom. The van der Waals surface area contributed by atoms with Gasteiger partial charge in [-0.25, -0.2) is 13.2 Å². The Morgan fingerprint density at radius 1 is 0.960 bits per heavy atom. The van der Waals surface area contributed by atoms with Gasteiger partial charge in [0.25, 0.3) is 5.91 Å². The number of sulfone groups is 1. The Bertz CT molecular complexity index is 1320. The summed E-state index contributed by atoms with van der Waals surface area (Å²) >= 11 is 0. The van der Waals surface area contributed by atoms with Gasteiger partial charge in [0, 0.05) is 39.7 Å². The molecule has 1 amide bonds. The number of nitrogens with zero attached hydrogens (tertiary/aromatic N) is 1. The fourth-order valence-corrected chi connectivity index (χ4v) is 6.14. The molecule has 4 rings (SSSR count). The zero-order valence-electron chi connectivity index (χ0n) is 32.2. The Labute approximate surface area is 302 Å². The number of amides is 1. The zero-order chi connectivity index (χ0) is 38.1. The number of rotatable bonds is 12. The van der Waals surface area contributed by atoms with Crippen LogP contribution in [0.1, 0.15) is 107 Å². The van der Waals surface area contributed by atoms with Crippen LogP contribution in [0.25, 0.3) is 11.1 Å². The second kappa shape index (κ2) is 26.9. The van der Waals surface area contributed by atoms with Gasteiger partial charge in [0.05, 0.1) is 18.0 Å². The predicted octanol–water partition coefficient (Wildman–Crippen LogP) is 6.91. The van der Waals surface area contributed by atoms with Crippen LogP contribution in [-0.2, 0) is 30.7 Å². The number of hydrogen-bond acceptors (Lipinski definition) is 8.